The second-order valence-electron chi connectivity index (χ2n) is 7.07. The molecule has 0 saturated carbocycles. The average molecular weight is 445 g/mol. The van der Waals surface area contributed by atoms with Crippen molar-refractivity contribution in [3.05, 3.63) is 64.3 Å². The first-order chi connectivity index (χ1) is 14.5. The Balaban J connectivity index is 1.80. The third-order valence-electron chi connectivity index (χ3n) is 4.96. The summed E-state index contributed by atoms with van der Waals surface area (Å²) in [6.45, 7) is 6.59. The first-order valence-corrected chi connectivity index (χ1v) is 11.1. The lowest BCUT2D eigenvalue weighted by atomic mass is 10.1. The fourth-order valence-electron chi connectivity index (χ4n) is 3.43. The summed E-state index contributed by atoms with van der Waals surface area (Å²) in [7, 11) is -3.80. The monoisotopic (exact) mass is 445 g/mol. The molecule has 0 bridgehead atoms. The van der Waals surface area contributed by atoms with E-state index in [0.29, 0.717) is 34.8 Å². The number of hydrogen-bond acceptors (Lipinski definition) is 7. The molecule has 9 nitrogen and oxygen atoms in total. The van der Waals surface area contributed by atoms with Crippen molar-refractivity contribution in [1.82, 2.24) is 9.72 Å². The largest absolute Gasteiger partial charge is 0.454 e. The molecule has 0 atom stereocenters. The van der Waals surface area contributed by atoms with E-state index in [4.69, 9.17) is 14.4 Å². The molecule has 31 heavy (non-hydrogen) atoms. The Morgan fingerprint density at radius 1 is 1.16 bits per heavy atom. The summed E-state index contributed by atoms with van der Waals surface area (Å²) in [5, 5.41) is 8.95. The molecule has 0 spiro atoms. The van der Waals surface area contributed by atoms with Gasteiger partial charge in [-0.25, -0.2) is 18.4 Å². The molecule has 1 aromatic carbocycles. The number of esters is 1. The Labute approximate surface area is 179 Å². The van der Waals surface area contributed by atoms with Gasteiger partial charge in [-0.15, -0.1) is 0 Å². The predicted octanol–water partition coefficient (Wildman–Crippen LogP) is 2.64. The van der Waals surface area contributed by atoms with Gasteiger partial charge in [0.05, 0.1) is 10.6 Å². The van der Waals surface area contributed by atoms with E-state index in [9.17, 15) is 18.0 Å². The molecule has 0 saturated heterocycles. The van der Waals surface area contributed by atoms with Crippen LogP contribution in [0, 0.1) is 20.8 Å². The summed E-state index contributed by atoms with van der Waals surface area (Å²) >= 11 is 0. The lowest BCUT2D eigenvalue weighted by Gasteiger charge is -2.10. The highest BCUT2D eigenvalue weighted by Crippen LogP contribution is 2.23. The van der Waals surface area contributed by atoms with Crippen LogP contribution in [-0.2, 0) is 21.2 Å². The summed E-state index contributed by atoms with van der Waals surface area (Å²) in [5.41, 5.74) is 3.20. The Hall–Kier alpha value is -3.24. The molecule has 2 heterocycles. The average Bonchev–Trinajstić information content (AvgIpc) is 3.24. The van der Waals surface area contributed by atoms with Crippen LogP contribution in [0.2, 0.25) is 0 Å². The zero-order valence-electron chi connectivity index (χ0n) is 17.6. The maximum absolute atomic E-state index is 12.7. The quantitative estimate of drug-likeness (QED) is 0.436. The third kappa shape index (κ3) is 4.44. The van der Waals surface area contributed by atoms with Gasteiger partial charge in [0.1, 0.15) is 11.3 Å². The zero-order valence-corrected chi connectivity index (χ0v) is 18.4. The highest BCUT2D eigenvalue weighted by atomic mass is 32.2. The van der Waals surface area contributed by atoms with Crippen molar-refractivity contribution in [3.63, 3.8) is 0 Å². The van der Waals surface area contributed by atoms with Crippen LogP contribution in [0.1, 0.15) is 50.5 Å². The van der Waals surface area contributed by atoms with Crippen LogP contribution in [0.4, 0.5) is 0 Å². The van der Waals surface area contributed by atoms with Gasteiger partial charge in [-0.1, -0.05) is 12.1 Å². The number of ether oxygens (including phenoxy) is 1. The zero-order chi connectivity index (χ0) is 22.9. The van der Waals surface area contributed by atoms with Crippen LogP contribution in [-0.4, -0.2) is 36.5 Å². The summed E-state index contributed by atoms with van der Waals surface area (Å²) in [5.74, 6) is -0.673. The summed E-state index contributed by atoms with van der Waals surface area (Å²) in [6.07, 6.45) is 0.501. The van der Waals surface area contributed by atoms with Crippen molar-refractivity contribution in [2.24, 2.45) is 5.14 Å². The standard InChI is InChI=1S/C21H23N3O6S/c1-5-18-20(14(4)30-23-18)21(26)29-11-19(25)17-10-12(2)24(13(17)3)15-6-8-16(9-7-15)31(22,27)28/h6-10H,5,11H2,1-4H3,(H2,22,27,28). The Morgan fingerprint density at radius 2 is 1.81 bits per heavy atom. The van der Waals surface area contributed by atoms with Crippen molar-refractivity contribution in [3.8, 4) is 5.69 Å². The van der Waals surface area contributed by atoms with E-state index >= 15 is 0 Å². The van der Waals surface area contributed by atoms with Gasteiger partial charge in [0.25, 0.3) is 0 Å². The Morgan fingerprint density at radius 3 is 2.39 bits per heavy atom. The molecule has 0 aliphatic rings. The molecule has 2 N–H and O–H groups in total. The smallest absolute Gasteiger partial charge is 0.344 e. The fraction of sp³-hybridized carbons (Fsp3) is 0.286. The first kappa shape index (κ1) is 22.4. The fourth-order valence-corrected chi connectivity index (χ4v) is 3.94. The SMILES string of the molecule is CCc1noc(C)c1C(=O)OCC(=O)c1cc(C)n(-c2ccc(S(N)(=O)=O)cc2)c1C. The minimum absolute atomic E-state index is 0.00240. The number of carbonyl (C=O) groups excluding carboxylic acids is 2. The normalized spacial score (nSPS) is 11.5. The number of aromatic nitrogens is 2. The van der Waals surface area contributed by atoms with Crippen LogP contribution in [0.5, 0.6) is 0 Å². The molecule has 3 aromatic rings. The molecular formula is C21H23N3O6S. The molecule has 0 aliphatic carbocycles. The number of carbonyl (C=O) groups is 2. The van der Waals surface area contributed by atoms with E-state index in [1.165, 1.54) is 12.1 Å². The molecule has 0 unspecified atom stereocenters. The van der Waals surface area contributed by atoms with E-state index < -0.39 is 22.6 Å². The molecule has 2 aromatic heterocycles. The first-order valence-electron chi connectivity index (χ1n) is 9.52. The van der Waals surface area contributed by atoms with Gasteiger partial charge in [0.2, 0.25) is 15.8 Å². The number of nitrogens with zero attached hydrogens (tertiary/aromatic N) is 2. The van der Waals surface area contributed by atoms with Crippen molar-refractivity contribution >= 4 is 21.8 Å². The highest BCUT2D eigenvalue weighted by molar-refractivity contribution is 7.89. The van der Waals surface area contributed by atoms with Crippen LogP contribution in [0.25, 0.3) is 5.69 Å². The molecule has 0 amide bonds. The number of rotatable bonds is 7. The third-order valence-corrected chi connectivity index (χ3v) is 5.89. The Kier molecular flexibility index (Phi) is 6.14. The van der Waals surface area contributed by atoms with E-state index in [-0.39, 0.29) is 16.2 Å². The molecule has 10 heteroatoms. The number of sulfonamides is 1. The molecule has 0 aliphatic heterocycles. The molecule has 3 rings (SSSR count). The number of Topliss-reactive ketones (excluding diaryl/α,β-unsaturated/α-hetero) is 1. The van der Waals surface area contributed by atoms with E-state index in [1.807, 2.05) is 13.8 Å². The minimum atomic E-state index is -3.80. The van der Waals surface area contributed by atoms with E-state index in [2.05, 4.69) is 5.16 Å². The molecular weight excluding hydrogens is 422 g/mol. The van der Waals surface area contributed by atoms with Crippen molar-refractivity contribution in [2.75, 3.05) is 6.61 Å². The summed E-state index contributed by atoms with van der Waals surface area (Å²) in [4.78, 5) is 25.1. The van der Waals surface area contributed by atoms with Gasteiger partial charge in [0.15, 0.2) is 6.61 Å². The minimum Gasteiger partial charge on any atom is -0.454 e. The molecule has 0 radical (unpaired) electrons. The van der Waals surface area contributed by atoms with Gasteiger partial charge in [-0.2, -0.15) is 0 Å². The maximum atomic E-state index is 12.7. The van der Waals surface area contributed by atoms with Gasteiger partial charge in [0, 0.05) is 22.6 Å². The van der Waals surface area contributed by atoms with Crippen LogP contribution in [0.3, 0.4) is 0 Å². The van der Waals surface area contributed by atoms with Crippen LogP contribution >= 0.6 is 0 Å². The van der Waals surface area contributed by atoms with Crippen molar-refractivity contribution < 1.29 is 27.3 Å². The van der Waals surface area contributed by atoms with Crippen molar-refractivity contribution in [1.29, 1.82) is 0 Å². The highest BCUT2D eigenvalue weighted by Gasteiger charge is 2.23. The summed E-state index contributed by atoms with van der Waals surface area (Å²) in [6, 6.07) is 7.71. The topological polar surface area (TPSA) is 134 Å². The number of primary sulfonamides is 1. The number of nitrogens with two attached hydrogens (primary N) is 1. The van der Waals surface area contributed by atoms with E-state index in [1.54, 1.807) is 36.6 Å². The number of aryl methyl sites for hydroxylation is 3. The van der Waals surface area contributed by atoms with Crippen LogP contribution < -0.4 is 5.14 Å². The number of benzene rings is 1. The lowest BCUT2D eigenvalue weighted by molar-refractivity contribution is 0.0472. The number of ketones is 1. The second kappa shape index (κ2) is 8.48. The Bertz CT molecular complexity index is 1250. The van der Waals surface area contributed by atoms with E-state index in [0.717, 1.165) is 5.69 Å². The van der Waals surface area contributed by atoms with Gasteiger partial charge < -0.3 is 13.8 Å². The van der Waals surface area contributed by atoms with Crippen LogP contribution in [0.15, 0.2) is 39.8 Å². The second-order valence-corrected chi connectivity index (χ2v) is 8.63. The van der Waals surface area contributed by atoms with Gasteiger partial charge in [-0.05, 0) is 57.5 Å². The van der Waals surface area contributed by atoms with Crippen molar-refractivity contribution in [2.45, 2.75) is 39.0 Å². The number of hydrogen-bond donors (Lipinski definition) is 1. The predicted molar refractivity (Wildman–Crippen MR) is 112 cm³/mol. The maximum Gasteiger partial charge on any atom is 0.344 e. The van der Waals surface area contributed by atoms with Gasteiger partial charge in [-0.3, -0.25) is 4.79 Å². The van der Waals surface area contributed by atoms with Gasteiger partial charge >= 0.3 is 5.97 Å². The lowest BCUT2D eigenvalue weighted by Crippen LogP contribution is -2.16. The summed E-state index contributed by atoms with van der Waals surface area (Å²) < 4.78 is 35.0. The molecule has 164 valence electrons. The molecule has 0 fully saturated rings.